The summed E-state index contributed by atoms with van der Waals surface area (Å²) in [6, 6.07) is 0. The molecular weight excluding hydrogens is 254 g/mol. The zero-order valence-electron chi connectivity index (χ0n) is 13.4. The van der Waals surface area contributed by atoms with Crippen molar-refractivity contribution in [2.75, 3.05) is 13.2 Å². The summed E-state index contributed by atoms with van der Waals surface area (Å²) < 4.78 is 1.85. The Kier molecular flexibility index (Phi) is 6.17. The first kappa shape index (κ1) is 17.1. The summed E-state index contributed by atoms with van der Waals surface area (Å²) >= 11 is 0. The van der Waals surface area contributed by atoms with Gasteiger partial charge in [0.15, 0.2) is 0 Å². The topological polar surface area (TPSA) is 70.3 Å². The second-order valence-electron chi connectivity index (χ2n) is 6.42. The minimum Gasteiger partial charge on any atom is -0.394 e. The van der Waals surface area contributed by atoms with Gasteiger partial charge in [-0.05, 0) is 32.6 Å². The minimum atomic E-state index is -0.275. The van der Waals surface area contributed by atoms with Gasteiger partial charge in [-0.25, -0.2) is 0 Å². The Morgan fingerprint density at radius 2 is 2.00 bits per heavy atom. The number of nitrogens with one attached hydrogen (secondary N) is 1. The van der Waals surface area contributed by atoms with E-state index in [2.05, 4.69) is 24.3 Å². The number of aryl methyl sites for hydroxylation is 1. The lowest BCUT2D eigenvalue weighted by Crippen LogP contribution is -2.31. The fourth-order valence-electron chi connectivity index (χ4n) is 2.70. The van der Waals surface area contributed by atoms with Crippen molar-refractivity contribution in [2.45, 2.75) is 60.2 Å². The molecule has 0 radical (unpaired) electrons. The van der Waals surface area contributed by atoms with Gasteiger partial charge in [0, 0.05) is 24.3 Å². The number of hydrogen-bond acceptors (Lipinski definition) is 4. The molecule has 0 aromatic carbocycles. The minimum absolute atomic E-state index is 0.0665. The molecule has 1 atom stereocenters. The van der Waals surface area contributed by atoms with Crippen LogP contribution in [0, 0.1) is 19.3 Å². The van der Waals surface area contributed by atoms with Crippen molar-refractivity contribution in [3.05, 3.63) is 17.0 Å². The Bertz CT molecular complexity index is 425. The summed E-state index contributed by atoms with van der Waals surface area (Å²) in [6.07, 6.45) is 0.504. The van der Waals surface area contributed by atoms with Crippen molar-refractivity contribution in [3.63, 3.8) is 0 Å². The normalized spacial score (nSPS) is 13.8. The highest BCUT2D eigenvalue weighted by Gasteiger charge is 2.20. The molecule has 0 amide bonds. The van der Waals surface area contributed by atoms with E-state index in [4.69, 9.17) is 5.11 Å². The molecule has 116 valence electrons. The van der Waals surface area contributed by atoms with Crippen molar-refractivity contribution in [1.82, 2.24) is 15.1 Å². The first-order valence-electron chi connectivity index (χ1n) is 7.29. The Morgan fingerprint density at radius 1 is 1.35 bits per heavy atom. The van der Waals surface area contributed by atoms with Crippen LogP contribution in [0.1, 0.15) is 44.1 Å². The molecule has 5 nitrogen and oxygen atoms in total. The molecule has 1 aromatic rings. The number of aromatic nitrogens is 2. The molecule has 0 spiro atoms. The van der Waals surface area contributed by atoms with Gasteiger partial charge in [0.2, 0.25) is 0 Å². The quantitative estimate of drug-likeness (QED) is 0.674. The van der Waals surface area contributed by atoms with Crippen LogP contribution in [0.25, 0.3) is 0 Å². The van der Waals surface area contributed by atoms with Crippen molar-refractivity contribution in [2.24, 2.45) is 5.41 Å². The smallest absolute Gasteiger partial charge is 0.0644 e. The molecule has 0 saturated heterocycles. The maximum atomic E-state index is 9.49. The summed E-state index contributed by atoms with van der Waals surface area (Å²) in [5.74, 6) is 0. The van der Waals surface area contributed by atoms with E-state index in [0.717, 1.165) is 30.9 Å². The lowest BCUT2D eigenvalue weighted by atomic mass is 9.87. The highest BCUT2D eigenvalue weighted by atomic mass is 16.3. The molecule has 0 saturated carbocycles. The largest absolute Gasteiger partial charge is 0.394 e. The van der Waals surface area contributed by atoms with Gasteiger partial charge in [-0.1, -0.05) is 13.8 Å². The second-order valence-corrected chi connectivity index (χ2v) is 6.42. The monoisotopic (exact) mass is 283 g/mol. The van der Waals surface area contributed by atoms with Crippen LogP contribution in [0.4, 0.5) is 0 Å². The molecule has 0 fully saturated rings. The summed E-state index contributed by atoms with van der Waals surface area (Å²) in [7, 11) is 0. The van der Waals surface area contributed by atoms with Gasteiger partial charge in [-0.15, -0.1) is 0 Å². The van der Waals surface area contributed by atoms with Crippen LogP contribution in [0.5, 0.6) is 0 Å². The van der Waals surface area contributed by atoms with Crippen LogP contribution >= 0.6 is 0 Å². The molecular formula is C15H29N3O2. The molecule has 20 heavy (non-hydrogen) atoms. The Morgan fingerprint density at radius 3 is 2.55 bits per heavy atom. The first-order chi connectivity index (χ1) is 9.26. The predicted octanol–water partition coefficient (Wildman–Crippen LogP) is 1.38. The van der Waals surface area contributed by atoms with Gasteiger partial charge >= 0.3 is 0 Å². The second kappa shape index (κ2) is 7.20. The van der Waals surface area contributed by atoms with Crippen molar-refractivity contribution in [1.29, 1.82) is 0 Å². The van der Waals surface area contributed by atoms with Crippen molar-refractivity contribution < 1.29 is 10.2 Å². The van der Waals surface area contributed by atoms with Crippen LogP contribution in [-0.2, 0) is 13.1 Å². The fraction of sp³-hybridized carbons (Fsp3) is 0.800. The maximum absolute atomic E-state index is 9.49. The third-order valence-corrected chi connectivity index (χ3v) is 3.60. The number of nitrogens with zero attached hydrogens (tertiary/aromatic N) is 2. The van der Waals surface area contributed by atoms with E-state index >= 15 is 0 Å². The van der Waals surface area contributed by atoms with Crippen LogP contribution in [-0.4, -0.2) is 39.2 Å². The molecule has 0 aliphatic rings. The van der Waals surface area contributed by atoms with Crippen LogP contribution < -0.4 is 5.32 Å². The summed E-state index contributed by atoms with van der Waals surface area (Å²) in [4.78, 5) is 0. The fourth-order valence-corrected chi connectivity index (χ4v) is 2.70. The van der Waals surface area contributed by atoms with E-state index in [1.165, 1.54) is 5.56 Å². The van der Waals surface area contributed by atoms with Gasteiger partial charge in [0.25, 0.3) is 0 Å². The van der Waals surface area contributed by atoms with E-state index in [-0.39, 0.29) is 18.1 Å². The van der Waals surface area contributed by atoms with Gasteiger partial charge < -0.3 is 15.5 Å². The predicted molar refractivity (Wildman–Crippen MR) is 80.6 cm³/mol. The van der Waals surface area contributed by atoms with Gasteiger partial charge in [-0.2, -0.15) is 5.10 Å². The SMILES string of the molecule is Cc1nn(CCO)c(C)c1CNCC(C)(C)CC(C)O. The highest BCUT2D eigenvalue weighted by molar-refractivity contribution is 5.24. The van der Waals surface area contributed by atoms with Gasteiger partial charge in [-0.3, -0.25) is 4.68 Å². The number of rotatable bonds is 8. The first-order valence-corrected chi connectivity index (χ1v) is 7.29. The van der Waals surface area contributed by atoms with E-state index in [9.17, 15) is 5.11 Å². The van der Waals surface area contributed by atoms with E-state index < -0.39 is 0 Å². The molecule has 1 unspecified atom stereocenters. The lowest BCUT2D eigenvalue weighted by Gasteiger charge is -2.26. The number of aliphatic hydroxyl groups is 2. The Labute approximate surface area is 122 Å². The zero-order chi connectivity index (χ0) is 15.3. The summed E-state index contributed by atoms with van der Waals surface area (Å²) in [5, 5.41) is 26.4. The average Bonchev–Trinajstić information content (AvgIpc) is 2.55. The standard InChI is InChI=1S/C15H29N3O2/c1-11(20)8-15(4,5)10-16-9-14-12(2)17-18(6-7-19)13(14)3/h11,16,19-20H,6-10H2,1-5H3. The number of hydrogen-bond donors (Lipinski definition) is 3. The molecule has 0 aliphatic heterocycles. The van der Waals surface area contributed by atoms with Gasteiger partial charge in [0.1, 0.15) is 0 Å². The lowest BCUT2D eigenvalue weighted by molar-refractivity contribution is 0.128. The summed E-state index contributed by atoms with van der Waals surface area (Å²) in [6.45, 7) is 12.4. The molecule has 1 heterocycles. The highest BCUT2D eigenvalue weighted by Crippen LogP contribution is 2.21. The third kappa shape index (κ3) is 4.89. The maximum Gasteiger partial charge on any atom is 0.0644 e. The molecule has 0 aliphatic carbocycles. The summed E-state index contributed by atoms with van der Waals surface area (Å²) in [5.41, 5.74) is 3.39. The number of aliphatic hydroxyl groups excluding tert-OH is 2. The van der Waals surface area contributed by atoms with Gasteiger partial charge in [0.05, 0.1) is 24.9 Å². The van der Waals surface area contributed by atoms with Crippen LogP contribution in [0.15, 0.2) is 0 Å². The van der Waals surface area contributed by atoms with Crippen molar-refractivity contribution >= 4 is 0 Å². The van der Waals surface area contributed by atoms with E-state index in [1.54, 1.807) is 0 Å². The average molecular weight is 283 g/mol. The van der Waals surface area contributed by atoms with Crippen molar-refractivity contribution in [3.8, 4) is 0 Å². The van der Waals surface area contributed by atoms with E-state index in [0.29, 0.717) is 6.54 Å². The molecule has 0 bridgehead atoms. The Balaban J connectivity index is 2.58. The molecule has 1 rings (SSSR count). The van der Waals surface area contributed by atoms with E-state index in [1.807, 2.05) is 25.5 Å². The van der Waals surface area contributed by atoms with Crippen LogP contribution in [0.3, 0.4) is 0 Å². The molecule has 1 aromatic heterocycles. The van der Waals surface area contributed by atoms with Crippen LogP contribution in [0.2, 0.25) is 0 Å². The Hall–Kier alpha value is -0.910. The molecule has 3 N–H and O–H groups in total. The third-order valence-electron chi connectivity index (χ3n) is 3.60. The zero-order valence-corrected chi connectivity index (χ0v) is 13.4. The molecule has 5 heteroatoms.